The zero-order valence-electron chi connectivity index (χ0n) is 13.8. The summed E-state index contributed by atoms with van der Waals surface area (Å²) in [4.78, 5) is 12.5. The molecule has 1 aromatic carbocycles. The van der Waals surface area contributed by atoms with E-state index in [-0.39, 0.29) is 18.0 Å². The van der Waals surface area contributed by atoms with Crippen molar-refractivity contribution in [2.75, 3.05) is 18.5 Å². The van der Waals surface area contributed by atoms with Crippen molar-refractivity contribution in [2.45, 2.75) is 46.7 Å². The third-order valence-corrected chi connectivity index (χ3v) is 3.24. The highest BCUT2D eigenvalue weighted by atomic mass is 16.5. The molecule has 4 heteroatoms. The van der Waals surface area contributed by atoms with E-state index in [2.05, 4.69) is 38.3 Å². The molecular formula is C17H28N2O2. The second-order valence-electron chi connectivity index (χ2n) is 5.83. The molecule has 0 saturated heterocycles. The summed E-state index contributed by atoms with van der Waals surface area (Å²) in [5.41, 5.74) is 1.54. The predicted octanol–water partition coefficient (Wildman–Crippen LogP) is 3.30. The van der Waals surface area contributed by atoms with Gasteiger partial charge in [0.1, 0.15) is 0 Å². The van der Waals surface area contributed by atoms with E-state index in [0.29, 0.717) is 24.7 Å². The molecule has 118 valence electrons. The fraction of sp³-hybridized carbons (Fsp3) is 0.588. The Morgan fingerprint density at radius 1 is 1.19 bits per heavy atom. The molecule has 0 aromatic heterocycles. The Morgan fingerprint density at radius 2 is 1.86 bits per heavy atom. The fourth-order valence-electron chi connectivity index (χ4n) is 2.01. The van der Waals surface area contributed by atoms with Gasteiger partial charge in [-0.25, -0.2) is 0 Å². The summed E-state index contributed by atoms with van der Waals surface area (Å²) in [5, 5.41) is 6.39. The second kappa shape index (κ2) is 8.67. The van der Waals surface area contributed by atoms with Gasteiger partial charge in [-0.05, 0) is 38.8 Å². The SMILES string of the molecule is CCOCC(NC(=O)c1ccccc1NC(C)C)C(C)C. The van der Waals surface area contributed by atoms with Gasteiger partial charge in [0.15, 0.2) is 0 Å². The van der Waals surface area contributed by atoms with Crippen LogP contribution in [0, 0.1) is 5.92 Å². The fourth-order valence-corrected chi connectivity index (χ4v) is 2.01. The van der Waals surface area contributed by atoms with E-state index in [1.807, 2.05) is 31.2 Å². The molecule has 1 rings (SSSR count). The first-order valence-electron chi connectivity index (χ1n) is 7.69. The highest BCUT2D eigenvalue weighted by molar-refractivity contribution is 5.99. The third-order valence-electron chi connectivity index (χ3n) is 3.24. The first-order chi connectivity index (χ1) is 9.95. The van der Waals surface area contributed by atoms with Gasteiger partial charge >= 0.3 is 0 Å². The minimum atomic E-state index is -0.0582. The molecule has 1 atom stereocenters. The zero-order valence-corrected chi connectivity index (χ0v) is 13.8. The van der Waals surface area contributed by atoms with Gasteiger partial charge < -0.3 is 15.4 Å². The van der Waals surface area contributed by atoms with Crippen molar-refractivity contribution >= 4 is 11.6 Å². The van der Waals surface area contributed by atoms with Gasteiger partial charge in [-0.1, -0.05) is 26.0 Å². The lowest BCUT2D eigenvalue weighted by atomic mass is 10.0. The molecule has 0 bridgehead atoms. The molecule has 1 unspecified atom stereocenters. The van der Waals surface area contributed by atoms with E-state index in [1.165, 1.54) is 0 Å². The van der Waals surface area contributed by atoms with Crippen LogP contribution in [0.25, 0.3) is 0 Å². The quantitative estimate of drug-likeness (QED) is 0.773. The van der Waals surface area contributed by atoms with Crippen LogP contribution in [0.3, 0.4) is 0 Å². The average Bonchev–Trinajstić information content (AvgIpc) is 2.42. The van der Waals surface area contributed by atoms with Crippen molar-refractivity contribution in [3.05, 3.63) is 29.8 Å². The van der Waals surface area contributed by atoms with Crippen molar-refractivity contribution in [2.24, 2.45) is 5.92 Å². The number of ether oxygens (including phenoxy) is 1. The van der Waals surface area contributed by atoms with E-state index in [9.17, 15) is 4.79 Å². The number of rotatable bonds is 8. The van der Waals surface area contributed by atoms with Gasteiger partial charge in [0, 0.05) is 18.3 Å². The number of carbonyl (C=O) groups is 1. The van der Waals surface area contributed by atoms with Gasteiger partial charge in [-0.2, -0.15) is 0 Å². The summed E-state index contributed by atoms with van der Waals surface area (Å²) in [5.74, 6) is 0.267. The summed E-state index contributed by atoms with van der Waals surface area (Å²) in [6.07, 6.45) is 0. The molecule has 0 spiro atoms. The van der Waals surface area contributed by atoms with Crippen LogP contribution in [0.5, 0.6) is 0 Å². The molecule has 0 radical (unpaired) electrons. The smallest absolute Gasteiger partial charge is 0.253 e. The van der Waals surface area contributed by atoms with E-state index in [1.54, 1.807) is 0 Å². The molecule has 0 aliphatic carbocycles. The van der Waals surface area contributed by atoms with E-state index < -0.39 is 0 Å². The van der Waals surface area contributed by atoms with E-state index >= 15 is 0 Å². The van der Waals surface area contributed by atoms with Crippen molar-refractivity contribution < 1.29 is 9.53 Å². The zero-order chi connectivity index (χ0) is 15.8. The van der Waals surface area contributed by atoms with E-state index in [4.69, 9.17) is 4.74 Å². The monoisotopic (exact) mass is 292 g/mol. The lowest BCUT2D eigenvalue weighted by molar-refractivity contribution is 0.0807. The number of hydrogen-bond donors (Lipinski definition) is 2. The van der Waals surface area contributed by atoms with Crippen LogP contribution in [-0.4, -0.2) is 31.2 Å². The normalized spacial score (nSPS) is 12.5. The minimum absolute atomic E-state index is 0.0181. The topological polar surface area (TPSA) is 50.4 Å². The Bertz CT molecular complexity index is 444. The van der Waals surface area contributed by atoms with Crippen LogP contribution in [0.2, 0.25) is 0 Å². The largest absolute Gasteiger partial charge is 0.382 e. The van der Waals surface area contributed by atoms with Crippen LogP contribution in [0.4, 0.5) is 5.69 Å². The molecule has 1 aromatic rings. The van der Waals surface area contributed by atoms with Gasteiger partial charge in [-0.3, -0.25) is 4.79 Å². The van der Waals surface area contributed by atoms with Crippen molar-refractivity contribution in [1.82, 2.24) is 5.32 Å². The van der Waals surface area contributed by atoms with Crippen LogP contribution in [0.15, 0.2) is 24.3 Å². The maximum Gasteiger partial charge on any atom is 0.253 e. The standard InChI is InChI=1S/C17H28N2O2/c1-6-21-11-16(12(2)3)19-17(20)14-9-7-8-10-15(14)18-13(4)5/h7-10,12-13,16,18H,6,11H2,1-5H3,(H,19,20). The molecule has 2 N–H and O–H groups in total. The Balaban J connectivity index is 2.82. The van der Waals surface area contributed by atoms with E-state index in [0.717, 1.165) is 5.69 Å². The number of anilines is 1. The van der Waals surface area contributed by atoms with Crippen molar-refractivity contribution in [1.29, 1.82) is 0 Å². The van der Waals surface area contributed by atoms with Crippen molar-refractivity contribution in [3.8, 4) is 0 Å². The second-order valence-corrected chi connectivity index (χ2v) is 5.83. The maximum absolute atomic E-state index is 12.5. The maximum atomic E-state index is 12.5. The molecule has 0 aliphatic heterocycles. The number of carbonyl (C=O) groups excluding carboxylic acids is 1. The molecule has 4 nitrogen and oxygen atoms in total. The highest BCUT2D eigenvalue weighted by Gasteiger charge is 2.19. The molecular weight excluding hydrogens is 264 g/mol. The molecule has 0 heterocycles. The number of hydrogen-bond acceptors (Lipinski definition) is 3. The Hall–Kier alpha value is -1.55. The molecule has 1 amide bonds. The van der Waals surface area contributed by atoms with Gasteiger partial charge in [0.25, 0.3) is 5.91 Å². The first kappa shape index (κ1) is 17.5. The average molecular weight is 292 g/mol. The highest BCUT2D eigenvalue weighted by Crippen LogP contribution is 2.16. The summed E-state index contributed by atoms with van der Waals surface area (Å²) in [7, 11) is 0. The van der Waals surface area contributed by atoms with Gasteiger partial charge in [-0.15, -0.1) is 0 Å². The minimum Gasteiger partial charge on any atom is -0.382 e. The lowest BCUT2D eigenvalue weighted by Crippen LogP contribution is -2.42. The summed E-state index contributed by atoms with van der Waals surface area (Å²) in [6.45, 7) is 11.4. The molecule has 0 fully saturated rings. The number of amides is 1. The van der Waals surface area contributed by atoms with Crippen LogP contribution < -0.4 is 10.6 Å². The summed E-state index contributed by atoms with van der Waals surface area (Å²) in [6, 6.07) is 7.89. The van der Waals surface area contributed by atoms with Crippen LogP contribution >= 0.6 is 0 Å². The summed E-state index contributed by atoms with van der Waals surface area (Å²) < 4.78 is 5.46. The van der Waals surface area contributed by atoms with Crippen molar-refractivity contribution in [3.63, 3.8) is 0 Å². The van der Waals surface area contributed by atoms with Crippen LogP contribution in [0.1, 0.15) is 45.0 Å². The molecule has 0 aliphatic rings. The number of nitrogens with one attached hydrogen (secondary N) is 2. The molecule has 21 heavy (non-hydrogen) atoms. The Labute approximate surface area is 128 Å². The molecule has 0 saturated carbocycles. The third kappa shape index (κ3) is 5.76. The Morgan fingerprint density at radius 3 is 2.43 bits per heavy atom. The van der Waals surface area contributed by atoms with Gasteiger partial charge in [0.2, 0.25) is 0 Å². The van der Waals surface area contributed by atoms with Gasteiger partial charge in [0.05, 0.1) is 18.2 Å². The van der Waals surface area contributed by atoms with Crippen LogP contribution in [-0.2, 0) is 4.74 Å². The number of para-hydroxylation sites is 1. The number of benzene rings is 1. The predicted molar refractivity (Wildman–Crippen MR) is 87.8 cm³/mol. The lowest BCUT2D eigenvalue weighted by Gasteiger charge is -2.23. The Kier molecular flexibility index (Phi) is 7.23. The summed E-state index contributed by atoms with van der Waals surface area (Å²) >= 11 is 0. The first-order valence-corrected chi connectivity index (χ1v) is 7.69.